The molecule has 0 aromatic carbocycles. The predicted octanol–water partition coefficient (Wildman–Crippen LogP) is 1.05. The summed E-state index contributed by atoms with van der Waals surface area (Å²) < 4.78 is 5.60. The molecule has 2 amide bonds. The van der Waals surface area contributed by atoms with E-state index in [9.17, 15) is 9.59 Å². The van der Waals surface area contributed by atoms with Gasteiger partial charge in [-0.2, -0.15) is 0 Å². The Kier molecular flexibility index (Phi) is 5.92. The largest absolute Gasteiger partial charge is 0.463 e. The molecule has 2 saturated heterocycles. The molecule has 9 heteroatoms. The first-order valence-corrected chi connectivity index (χ1v) is 9.92. The highest BCUT2D eigenvalue weighted by Crippen LogP contribution is 2.24. The highest BCUT2D eigenvalue weighted by Gasteiger charge is 2.33. The molecular weight excluding hydrogens is 372 g/mol. The molecule has 2 aliphatic rings. The van der Waals surface area contributed by atoms with Crippen LogP contribution >= 0.6 is 0 Å². The van der Waals surface area contributed by atoms with E-state index < -0.39 is 0 Å². The van der Waals surface area contributed by atoms with Gasteiger partial charge in [0.2, 0.25) is 5.91 Å². The lowest BCUT2D eigenvalue weighted by atomic mass is 9.96. The summed E-state index contributed by atoms with van der Waals surface area (Å²) in [6, 6.07) is 3.72. The summed E-state index contributed by atoms with van der Waals surface area (Å²) in [6.45, 7) is 3.26. The Morgan fingerprint density at radius 2 is 1.90 bits per heavy atom. The number of nitrogens with zero attached hydrogens (tertiary/aromatic N) is 6. The monoisotopic (exact) mass is 396 g/mol. The Bertz CT molecular complexity index is 827. The summed E-state index contributed by atoms with van der Waals surface area (Å²) >= 11 is 0. The van der Waals surface area contributed by atoms with Crippen LogP contribution in [0.3, 0.4) is 0 Å². The molecule has 4 rings (SSSR count). The maximum atomic E-state index is 12.5. The van der Waals surface area contributed by atoms with Crippen molar-refractivity contribution < 1.29 is 14.3 Å². The highest BCUT2D eigenvalue weighted by atomic mass is 16.5. The number of rotatable bonds is 6. The number of likely N-dealkylation sites (tertiary alicyclic amines) is 2. The molecule has 4 heterocycles. The van der Waals surface area contributed by atoms with Gasteiger partial charge in [0.25, 0.3) is 5.91 Å². The van der Waals surface area contributed by atoms with Crippen LogP contribution in [-0.4, -0.2) is 74.3 Å². The number of ether oxygens (including phenoxy) is 1. The molecular formula is C20H24N6O3. The Labute approximate surface area is 169 Å². The lowest BCUT2D eigenvalue weighted by molar-refractivity contribution is -0.128. The molecule has 1 atom stereocenters. The van der Waals surface area contributed by atoms with Gasteiger partial charge in [-0.15, -0.1) is 0 Å². The van der Waals surface area contributed by atoms with E-state index in [1.807, 2.05) is 9.80 Å². The lowest BCUT2D eigenvalue weighted by Crippen LogP contribution is -2.42. The average Bonchev–Trinajstić information content (AvgIpc) is 3.13. The predicted molar refractivity (Wildman–Crippen MR) is 103 cm³/mol. The molecule has 2 aliphatic heterocycles. The zero-order valence-corrected chi connectivity index (χ0v) is 16.2. The van der Waals surface area contributed by atoms with Crippen LogP contribution in [-0.2, 0) is 4.79 Å². The molecule has 2 aromatic rings. The Morgan fingerprint density at radius 3 is 2.62 bits per heavy atom. The number of carbonyl (C=O) groups excluding carboxylic acids is 2. The summed E-state index contributed by atoms with van der Waals surface area (Å²) in [5, 5.41) is 0. The molecule has 29 heavy (non-hydrogen) atoms. The van der Waals surface area contributed by atoms with Crippen molar-refractivity contribution in [3.63, 3.8) is 0 Å². The van der Waals surface area contributed by atoms with E-state index in [0.29, 0.717) is 50.3 Å². The summed E-state index contributed by atoms with van der Waals surface area (Å²) in [5.41, 5.74) is 0.429. The van der Waals surface area contributed by atoms with Gasteiger partial charge in [-0.05, 0) is 30.9 Å². The number of piperidine rings is 1. The first-order valence-electron chi connectivity index (χ1n) is 9.92. The third-order valence-electron chi connectivity index (χ3n) is 5.47. The molecule has 0 aliphatic carbocycles. The van der Waals surface area contributed by atoms with Crippen LogP contribution in [0.5, 0.6) is 6.01 Å². The Balaban J connectivity index is 1.22. The maximum Gasteiger partial charge on any atom is 0.316 e. The van der Waals surface area contributed by atoms with Crippen molar-refractivity contribution in [1.29, 1.82) is 0 Å². The average molecular weight is 396 g/mol. The molecule has 0 radical (unpaired) electrons. The van der Waals surface area contributed by atoms with Gasteiger partial charge in [0.15, 0.2) is 0 Å². The fourth-order valence-electron chi connectivity index (χ4n) is 3.90. The molecule has 0 N–H and O–H groups in total. The minimum absolute atomic E-state index is 0.0524. The first-order chi connectivity index (χ1) is 14.2. The second kappa shape index (κ2) is 8.93. The van der Waals surface area contributed by atoms with E-state index in [1.54, 1.807) is 30.7 Å². The van der Waals surface area contributed by atoms with Crippen LogP contribution in [0.15, 0.2) is 37.1 Å². The second-order valence-electron chi connectivity index (χ2n) is 7.54. The highest BCUT2D eigenvalue weighted by molar-refractivity contribution is 5.92. The number of carbonyl (C=O) groups is 2. The fraction of sp³-hybridized carbons (Fsp3) is 0.500. The third kappa shape index (κ3) is 4.85. The third-order valence-corrected chi connectivity index (χ3v) is 5.47. The van der Waals surface area contributed by atoms with Crippen molar-refractivity contribution in [1.82, 2.24) is 29.7 Å². The van der Waals surface area contributed by atoms with Gasteiger partial charge in [-0.3, -0.25) is 9.59 Å². The smallest absolute Gasteiger partial charge is 0.316 e. The topological polar surface area (TPSA) is 101 Å². The molecule has 2 aromatic heterocycles. The number of amides is 2. The van der Waals surface area contributed by atoms with E-state index in [1.165, 1.54) is 6.33 Å². The summed E-state index contributed by atoms with van der Waals surface area (Å²) in [6.07, 6.45) is 8.52. The maximum absolute atomic E-state index is 12.5. The van der Waals surface area contributed by atoms with Crippen molar-refractivity contribution in [2.24, 2.45) is 11.8 Å². The lowest BCUT2D eigenvalue weighted by Gasteiger charge is -2.33. The van der Waals surface area contributed by atoms with E-state index in [-0.39, 0.29) is 17.7 Å². The molecule has 2 fully saturated rings. The van der Waals surface area contributed by atoms with Crippen LogP contribution in [0.1, 0.15) is 29.8 Å². The minimum Gasteiger partial charge on any atom is -0.463 e. The first kappa shape index (κ1) is 19.2. The van der Waals surface area contributed by atoms with Crippen molar-refractivity contribution >= 4 is 11.8 Å². The van der Waals surface area contributed by atoms with Gasteiger partial charge < -0.3 is 14.5 Å². The Hall–Kier alpha value is -3.10. The second-order valence-corrected chi connectivity index (χ2v) is 7.54. The molecule has 0 saturated carbocycles. The molecule has 152 valence electrons. The minimum atomic E-state index is -0.0524. The quantitative estimate of drug-likeness (QED) is 0.719. The SMILES string of the molecule is O=C1CC(COc2ncccn2)CN1CC1CCN(C(=O)c2ccncn2)CC1. The van der Waals surface area contributed by atoms with E-state index in [0.717, 1.165) is 19.4 Å². The summed E-state index contributed by atoms with van der Waals surface area (Å²) in [7, 11) is 0. The number of aromatic nitrogens is 4. The van der Waals surface area contributed by atoms with Crippen LogP contribution in [0.25, 0.3) is 0 Å². The van der Waals surface area contributed by atoms with Gasteiger partial charge >= 0.3 is 6.01 Å². The van der Waals surface area contributed by atoms with Gasteiger partial charge in [0.1, 0.15) is 12.0 Å². The van der Waals surface area contributed by atoms with E-state index in [4.69, 9.17) is 4.74 Å². The van der Waals surface area contributed by atoms with E-state index >= 15 is 0 Å². The van der Waals surface area contributed by atoms with Gasteiger partial charge in [-0.1, -0.05) is 0 Å². The fourth-order valence-corrected chi connectivity index (χ4v) is 3.90. The van der Waals surface area contributed by atoms with Gasteiger partial charge in [0, 0.05) is 57.1 Å². The van der Waals surface area contributed by atoms with Crippen LogP contribution in [0, 0.1) is 11.8 Å². The standard InChI is InChI=1S/C20H24N6O3/c27-18-10-16(13-29-20-22-5-1-6-23-20)12-26(18)11-15-3-8-25(9-4-15)19(28)17-2-7-21-14-24-17/h1-2,5-7,14-16H,3-4,8-13H2. The van der Waals surface area contributed by atoms with Crippen molar-refractivity contribution in [3.8, 4) is 6.01 Å². The molecule has 0 spiro atoms. The normalized spacial score (nSPS) is 20.1. The Morgan fingerprint density at radius 1 is 1.10 bits per heavy atom. The van der Waals surface area contributed by atoms with Crippen molar-refractivity contribution in [2.75, 3.05) is 32.8 Å². The van der Waals surface area contributed by atoms with Crippen molar-refractivity contribution in [3.05, 3.63) is 42.7 Å². The zero-order valence-electron chi connectivity index (χ0n) is 16.2. The number of hydrogen-bond acceptors (Lipinski definition) is 7. The summed E-state index contributed by atoms with van der Waals surface area (Å²) in [5.74, 6) is 0.687. The molecule has 1 unspecified atom stereocenters. The van der Waals surface area contributed by atoms with Crippen LogP contribution in [0.2, 0.25) is 0 Å². The molecule has 9 nitrogen and oxygen atoms in total. The van der Waals surface area contributed by atoms with Crippen LogP contribution < -0.4 is 4.74 Å². The van der Waals surface area contributed by atoms with E-state index in [2.05, 4.69) is 19.9 Å². The molecule has 0 bridgehead atoms. The van der Waals surface area contributed by atoms with Gasteiger partial charge in [0.05, 0.1) is 6.61 Å². The van der Waals surface area contributed by atoms with Gasteiger partial charge in [-0.25, -0.2) is 19.9 Å². The van der Waals surface area contributed by atoms with Crippen LogP contribution in [0.4, 0.5) is 0 Å². The zero-order chi connectivity index (χ0) is 20.1. The van der Waals surface area contributed by atoms with Crippen molar-refractivity contribution in [2.45, 2.75) is 19.3 Å². The summed E-state index contributed by atoms with van der Waals surface area (Å²) in [4.78, 5) is 44.6. The number of hydrogen-bond donors (Lipinski definition) is 0.